The molecule has 5 nitrogen and oxygen atoms in total. The van der Waals surface area contributed by atoms with Crippen molar-refractivity contribution in [3.8, 4) is 11.4 Å². The molecule has 0 saturated carbocycles. The Morgan fingerprint density at radius 2 is 1.61 bits per heavy atom. The summed E-state index contributed by atoms with van der Waals surface area (Å²) in [6.07, 6.45) is 4.11. The first-order chi connectivity index (χ1) is 13.8. The Hall–Kier alpha value is -3.21. The van der Waals surface area contributed by atoms with Crippen LogP contribution in [0.3, 0.4) is 0 Å². The number of para-hydroxylation sites is 1. The molecule has 5 rings (SSSR count). The molecule has 28 heavy (non-hydrogen) atoms. The average molecular weight is 369 g/mol. The summed E-state index contributed by atoms with van der Waals surface area (Å²) in [5.74, 6) is 2.40. The lowest BCUT2D eigenvalue weighted by atomic mass is 9.93. The molecule has 0 amide bonds. The van der Waals surface area contributed by atoms with E-state index in [1.165, 1.54) is 5.69 Å². The summed E-state index contributed by atoms with van der Waals surface area (Å²) >= 11 is 0. The van der Waals surface area contributed by atoms with Crippen LogP contribution in [0.4, 0.5) is 5.82 Å². The van der Waals surface area contributed by atoms with Gasteiger partial charge >= 0.3 is 0 Å². The Balaban J connectivity index is 1.49. The molecule has 0 atom stereocenters. The van der Waals surface area contributed by atoms with Gasteiger partial charge in [0, 0.05) is 48.9 Å². The van der Waals surface area contributed by atoms with Crippen LogP contribution < -0.4 is 4.90 Å². The molecule has 0 radical (unpaired) electrons. The predicted molar refractivity (Wildman–Crippen MR) is 112 cm³/mol. The average Bonchev–Trinajstić information content (AvgIpc) is 3.19. The number of anilines is 1. The molecule has 0 unspecified atom stereocenters. The minimum Gasteiger partial charge on any atom is -0.356 e. The van der Waals surface area contributed by atoms with Crippen molar-refractivity contribution in [3.05, 3.63) is 72.6 Å². The van der Waals surface area contributed by atoms with Gasteiger partial charge in [0.15, 0.2) is 5.82 Å². The largest absolute Gasteiger partial charge is 0.356 e. The Morgan fingerprint density at radius 3 is 2.36 bits per heavy atom. The maximum absolute atomic E-state index is 5.00. The lowest BCUT2D eigenvalue weighted by molar-refractivity contribution is 0.476. The van der Waals surface area contributed by atoms with Crippen molar-refractivity contribution in [2.45, 2.75) is 18.8 Å². The molecule has 1 saturated heterocycles. The SMILES string of the molecule is Cn1nccc1C1CCN(c2nc(-c3ccccc3)nc3ccccc23)CC1. The first-order valence-electron chi connectivity index (χ1n) is 9.84. The highest BCUT2D eigenvalue weighted by Gasteiger charge is 2.25. The second kappa shape index (κ2) is 7.08. The zero-order valence-corrected chi connectivity index (χ0v) is 16.0. The van der Waals surface area contributed by atoms with Gasteiger partial charge in [0.05, 0.1) is 5.52 Å². The molecule has 140 valence electrons. The van der Waals surface area contributed by atoms with Gasteiger partial charge in [-0.15, -0.1) is 0 Å². The summed E-state index contributed by atoms with van der Waals surface area (Å²) < 4.78 is 2.01. The second-order valence-corrected chi connectivity index (χ2v) is 7.39. The fraction of sp³-hybridized carbons (Fsp3) is 0.261. The van der Waals surface area contributed by atoms with Crippen LogP contribution in [0.2, 0.25) is 0 Å². The molecule has 0 aliphatic carbocycles. The van der Waals surface area contributed by atoms with Gasteiger partial charge in [-0.3, -0.25) is 4.68 Å². The zero-order chi connectivity index (χ0) is 18.9. The lowest BCUT2D eigenvalue weighted by Crippen LogP contribution is -2.34. The molecule has 5 heteroatoms. The Labute approximate surface area is 164 Å². The molecular weight excluding hydrogens is 346 g/mol. The van der Waals surface area contributed by atoms with Crippen molar-refractivity contribution < 1.29 is 0 Å². The molecule has 1 aliphatic rings. The third-order valence-electron chi connectivity index (χ3n) is 5.69. The highest BCUT2D eigenvalue weighted by molar-refractivity contribution is 5.91. The molecule has 2 aromatic carbocycles. The zero-order valence-electron chi connectivity index (χ0n) is 16.0. The summed E-state index contributed by atoms with van der Waals surface area (Å²) in [5.41, 5.74) is 3.39. The van der Waals surface area contributed by atoms with Crippen LogP contribution in [0.15, 0.2) is 66.9 Å². The van der Waals surface area contributed by atoms with Crippen LogP contribution in [0, 0.1) is 0 Å². The maximum atomic E-state index is 5.00. The van der Waals surface area contributed by atoms with E-state index in [4.69, 9.17) is 9.97 Å². The minimum atomic E-state index is 0.561. The van der Waals surface area contributed by atoms with Crippen LogP contribution in [-0.2, 0) is 7.05 Å². The van der Waals surface area contributed by atoms with E-state index < -0.39 is 0 Å². The highest BCUT2D eigenvalue weighted by atomic mass is 15.3. The Kier molecular flexibility index (Phi) is 4.28. The molecule has 1 aliphatic heterocycles. The predicted octanol–water partition coefficient (Wildman–Crippen LogP) is 4.41. The van der Waals surface area contributed by atoms with Gasteiger partial charge < -0.3 is 4.90 Å². The Morgan fingerprint density at radius 1 is 0.857 bits per heavy atom. The third kappa shape index (κ3) is 3.03. The lowest BCUT2D eigenvalue weighted by Gasteiger charge is -2.33. The first-order valence-corrected chi connectivity index (χ1v) is 9.84. The van der Waals surface area contributed by atoms with Crippen molar-refractivity contribution in [2.24, 2.45) is 7.05 Å². The number of piperidine rings is 1. The number of hydrogen-bond donors (Lipinski definition) is 0. The van der Waals surface area contributed by atoms with E-state index >= 15 is 0 Å². The molecule has 0 spiro atoms. The van der Waals surface area contributed by atoms with E-state index in [0.29, 0.717) is 5.92 Å². The smallest absolute Gasteiger partial charge is 0.162 e. The van der Waals surface area contributed by atoms with Gasteiger partial charge in [0.2, 0.25) is 0 Å². The van der Waals surface area contributed by atoms with Crippen molar-refractivity contribution in [3.63, 3.8) is 0 Å². The number of aryl methyl sites for hydroxylation is 1. The quantitative estimate of drug-likeness (QED) is 0.536. The normalized spacial score (nSPS) is 15.2. The molecule has 4 aromatic rings. The van der Waals surface area contributed by atoms with Gasteiger partial charge in [-0.05, 0) is 31.0 Å². The number of hydrogen-bond acceptors (Lipinski definition) is 4. The second-order valence-electron chi connectivity index (χ2n) is 7.39. The van der Waals surface area contributed by atoms with Crippen molar-refractivity contribution in [1.82, 2.24) is 19.7 Å². The monoisotopic (exact) mass is 369 g/mol. The number of fused-ring (bicyclic) bond motifs is 1. The summed E-state index contributed by atoms with van der Waals surface area (Å²) in [4.78, 5) is 12.2. The van der Waals surface area contributed by atoms with E-state index in [2.05, 4.69) is 46.4 Å². The van der Waals surface area contributed by atoms with Crippen molar-refractivity contribution in [1.29, 1.82) is 0 Å². The molecule has 3 heterocycles. The first kappa shape index (κ1) is 16.9. The van der Waals surface area contributed by atoms with Crippen LogP contribution in [-0.4, -0.2) is 32.8 Å². The van der Waals surface area contributed by atoms with Gasteiger partial charge in [0.25, 0.3) is 0 Å². The van der Waals surface area contributed by atoms with Crippen LogP contribution in [0.1, 0.15) is 24.5 Å². The van der Waals surface area contributed by atoms with Gasteiger partial charge in [-0.1, -0.05) is 42.5 Å². The van der Waals surface area contributed by atoms with Gasteiger partial charge in [0.1, 0.15) is 5.82 Å². The number of aromatic nitrogens is 4. The highest BCUT2D eigenvalue weighted by Crippen LogP contribution is 2.33. The molecule has 0 N–H and O–H groups in total. The fourth-order valence-electron chi connectivity index (χ4n) is 4.19. The molecule has 1 fully saturated rings. The van der Waals surface area contributed by atoms with Gasteiger partial charge in [-0.25, -0.2) is 9.97 Å². The topological polar surface area (TPSA) is 46.8 Å². The van der Waals surface area contributed by atoms with Gasteiger partial charge in [-0.2, -0.15) is 5.10 Å². The maximum Gasteiger partial charge on any atom is 0.162 e. The van der Waals surface area contributed by atoms with E-state index in [-0.39, 0.29) is 0 Å². The van der Waals surface area contributed by atoms with E-state index in [1.807, 2.05) is 42.2 Å². The standard InChI is InChI=1S/C23H23N5/c1-27-21(11-14-24-27)17-12-15-28(16-13-17)23-19-9-5-6-10-20(19)25-22(26-23)18-7-3-2-4-8-18/h2-11,14,17H,12-13,15-16H2,1H3. The summed E-state index contributed by atoms with van der Waals surface area (Å²) in [5, 5.41) is 5.46. The number of nitrogens with zero attached hydrogens (tertiary/aromatic N) is 5. The summed E-state index contributed by atoms with van der Waals surface area (Å²) in [6, 6.07) is 20.7. The van der Waals surface area contributed by atoms with Crippen LogP contribution in [0.25, 0.3) is 22.3 Å². The number of benzene rings is 2. The minimum absolute atomic E-state index is 0.561. The van der Waals surface area contributed by atoms with E-state index in [9.17, 15) is 0 Å². The fourth-order valence-corrected chi connectivity index (χ4v) is 4.19. The van der Waals surface area contributed by atoms with Crippen molar-refractivity contribution >= 4 is 16.7 Å². The molecule has 2 aromatic heterocycles. The van der Waals surface area contributed by atoms with Crippen LogP contribution in [0.5, 0.6) is 0 Å². The van der Waals surface area contributed by atoms with E-state index in [1.54, 1.807) is 0 Å². The third-order valence-corrected chi connectivity index (χ3v) is 5.69. The molecule has 0 bridgehead atoms. The Bertz CT molecular complexity index is 1090. The summed E-state index contributed by atoms with van der Waals surface area (Å²) in [7, 11) is 2.03. The summed E-state index contributed by atoms with van der Waals surface area (Å²) in [6.45, 7) is 1.98. The van der Waals surface area contributed by atoms with Crippen molar-refractivity contribution in [2.75, 3.05) is 18.0 Å². The number of rotatable bonds is 3. The molecular formula is C23H23N5. The van der Waals surface area contributed by atoms with E-state index in [0.717, 1.165) is 54.0 Å². The van der Waals surface area contributed by atoms with Crippen LogP contribution >= 0.6 is 0 Å².